The number of aryl methyl sites for hydroxylation is 1. The lowest BCUT2D eigenvalue weighted by Crippen LogP contribution is -2.21. The molecule has 1 aromatic carbocycles. The Kier molecular flexibility index (Phi) is 3.70. The van der Waals surface area contributed by atoms with E-state index in [0.717, 1.165) is 24.1 Å². The van der Waals surface area contributed by atoms with Crippen molar-refractivity contribution in [3.63, 3.8) is 0 Å². The number of nitrogens with zero attached hydrogens (tertiary/aromatic N) is 2. The molecule has 0 amide bonds. The Morgan fingerprint density at radius 1 is 1.40 bits per heavy atom. The fourth-order valence-electron chi connectivity index (χ4n) is 3.21. The Bertz CT molecular complexity index is 929. The number of benzene rings is 1. The van der Waals surface area contributed by atoms with Gasteiger partial charge in [0.25, 0.3) is 0 Å². The van der Waals surface area contributed by atoms with E-state index in [1.54, 1.807) is 12.1 Å². The van der Waals surface area contributed by atoms with Crippen LogP contribution < -0.4 is 19.9 Å². The van der Waals surface area contributed by atoms with Gasteiger partial charge in [0.1, 0.15) is 11.6 Å². The standard InChI is InChI=1S/C17H15ClN4O3/c1-2-3-11-15-14(9(6-19)16(20)25-17(15)22-21-11)8-4-12-13(5-10(8)18)24-7-23-12/h4-5,14H,2-3,7,20H2,1H3,(H,21,22). The first-order chi connectivity index (χ1) is 12.1. The maximum absolute atomic E-state index is 9.66. The van der Waals surface area contributed by atoms with Crippen LogP contribution in [0.4, 0.5) is 0 Å². The Labute approximate surface area is 148 Å². The van der Waals surface area contributed by atoms with Gasteiger partial charge in [-0.25, -0.2) is 0 Å². The summed E-state index contributed by atoms with van der Waals surface area (Å²) < 4.78 is 16.4. The molecule has 1 aromatic heterocycles. The van der Waals surface area contributed by atoms with E-state index in [1.807, 2.05) is 0 Å². The average molecular weight is 359 g/mol. The number of nitrogens with two attached hydrogens (primary N) is 1. The highest BCUT2D eigenvalue weighted by Crippen LogP contribution is 2.48. The maximum atomic E-state index is 9.66. The summed E-state index contributed by atoms with van der Waals surface area (Å²) in [5.41, 5.74) is 8.65. The molecule has 1 atom stereocenters. The van der Waals surface area contributed by atoms with E-state index in [0.29, 0.717) is 33.5 Å². The number of allylic oxidation sites excluding steroid dienone is 1. The molecule has 3 N–H and O–H groups in total. The predicted molar refractivity (Wildman–Crippen MR) is 89.5 cm³/mol. The van der Waals surface area contributed by atoms with Gasteiger partial charge in [0.2, 0.25) is 18.6 Å². The molecule has 0 saturated carbocycles. The summed E-state index contributed by atoms with van der Waals surface area (Å²) in [7, 11) is 0. The Balaban J connectivity index is 1.94. The highest BCUT2D eigenvalue weighted by molar-refractivity contribution is 6.31. The van der Waals surface area contributed by atoms with E-state index in [9.17, 15) is 5.26 Å². The molecule has 3 heterocycles. The van der Waals surface area contributed by atoms with Crippen molar-refractivity contribution >= 4 is 11.6 Å². The fourth-order valence-corrected chi connectivity index (χ4v) is 3.48. The Morgan fingerprint density at radius 3 is 2.88 bits per heavy atom. The summed E-state index contributed by atoms with van der Waals surface area (Å²) >= 11 is 6.49. The molecule has 2 aromatic rings. The van der Waals surface area contributed by atoms with Crippen LogP contribution in [0.3, 0.4) is 0 Å². The molecule has 7 nitrogen and oxygen atoms in total. The van der Waals surface area contributed by atoms with E-state index in [-0.39, 0.29) is 12.7 Å². The number of H-pyrrole nitrogens is 1. The Hall–Kier alpha value is -2.85. The molecule has 8 heteroatoms. The van der Waals surface area contributed by atoms with E-state index < -0.39 is 5.92 Å². The van der Waals surface area contributed by atoms with E-state index in [1.165, 1.54) is 0 Å². The van der Waals surface area contributed by atoms with Crippen molar-refractivity contribution in [2.75, 3.05) is 6.79 Å². The van der Waals surface area contributed by atoms with Crippen molar-refractivity contribution in [3.8, 4) is 23.4 Å². The van der Waals surface area contributed by atoms with Crippen LogP contribution in [-0.2, 0) is 6.42 Å². The molecular weight excluding hydrogens is 344 g/mol. The molecule has 0 spiro atoms. The molecule has 128 valence electrons. The van der Waals surface area contributed by atoms with E-state index in [4.69, 9.17) is 31.5 Å². The molecule has 1 unspecified atom stereocenters. The van der Waals surface area contributed by atoms with Gasteiger partial charge in [0.15, 0.2) is 11.5 Å². The van der Waals surface area contributed by atoms with Crippen molar-refractivity contribution in [3.05, 3.63) is 45.4 Å². The molecule has 25 heavy (non-hydrogen) atoms. The molecule has 0 saturated heterocycles. The lowest BCUT2D eigenvalue weighted by Gasteiger charge is -2.25. The zero-order valence-corrected chi connectivity index (χ0v) is 14.2. The molecule has 0 aliphatic carbocycles. The van der Waals surface area contributed by atoms with Crippen molar-refractivity contribution in [2.24, 2.45) is 5.73 Å². The summed E-state index contributed by atoms with van der Waals surface area (Å²) in [6.45, 7) is 2.21. The third kappa shape index (κ3) is 2.37. The lowest BCUT2D eigenvalue weighted by atomic mass is 9.83. The van der Waals surface area contributed by atoms with Crippen LogP contribution in [0.5, 0.6) is 17.4 Å². The summed E-state index contributed by atoms with van der Waals surface area (Å²) in [6, 6.07) is 5.64. The SMILES string of the molecule is CCCc1[nH]nc2c1C(c1cc3c(cc1Cl)OCO3)C(C#N)=C(N)O2. The summed E-state index contributed by atoms with van der Waals surface area (Å²) in [5, 5.41) is 17.3. The highest BCUT2D eigenvalue weighted by Gasteiger charge is 2.37. The summed E-state index contributed by atoms with van der Waals surface area (Å²) in [4.78, 5) is 0. The van der Waals surface area contributed by atoms with E-state index in [2.05, 4.69) is 23.2 Å². The van der Waals surface area contributed by atoms with Crippen LogP contribution in [-0.4, -0.2) is 17.0 Å². The quantitative estimate of drug-likeness (QED) is 0.873. The van der Waals surface area contributed by atoms with Crippen molar-refractivity contribution in [2.45, 2.75) is 25.7 Å². The number of aromatic nitrogens is 2. The van der Waals surface area contributed by atoms with Gasteiger partial charge >= 0.3 is 0 Å². The summed E-state index contributed by atoms with van der Waals surface area (Å²) in [6.07, 6.45) is 1.68. The minimum absolute atomic E-state index is 0.0308. The van der Waals surface area contributed by atoms with Crippen LogP contribution in [0, 0.1) is 11.3 Å². The molecular formula is C17H15ClN4O3. The third-order valence-electron chi connectivity index (χ3n) is 4.32. The minimum atomic E-state index is -0.476. The second kappa shape index (κ2) is 5.90. The highest BCUT2D eigenvalue weighted by atomic mass is 35.5. The van der Waals surface area contributed by atoms with Gasteiger partial charge < -0.3 is 19.9 Å². The van der Waals surface area contributed by atoms with Gasteiger partial charge in [-0.1, -0.05) is 24.9 Å². The first-order valence-electron chi connectivity index (χ1n) is 7.87. The molecule has 0 bridgehead atoms. The molecule has 0 fully saturated rings. The van der Waals surface area contributed by atoms with Crippen molar-refractivity contribution < 1.29 is 14.2 Å². The Morgan fingerprint density at radius 2 is 2.16 bits per heavy atom. The van der Waals surface area contributed by atoms with Crippen LogP contribution >= 0.6 is 11.6 Å². The van der Waals surface area contributed by atoms with Crippen LogP contribution in [0.15, 0.2) is 23.6 Å². The van der Waals surface area contributed by atoms with Gasteiger partial charge in [-0.05, 0) is 18.1 Å². The third-order valence-corrected chi connectivity index (χ3v) is 4.65. The maximum Gasteiger partial charge on any atom is 0.244 e. The number of hydrogen-bond donors (Lipinski definition) is 2. The molecule has 2 aliphatic heterocycles. The van der Waals surface area contributed by atoms with Gasteiger partial charge in [-0.3, -0.25) is 5.10 Å². The number of nitriles is 1. The number of ether oxygens (including phenoxy) is 3. The van der Waals surface area contributed by atoms with Crippen LogP contribution in [0.1, 0.15) is 36.1 Å². The van der Waals surface area contributed by atoms with Crippen molar-refractivity contribution in [1.82, 2.24) is 10.2 Å². The average Bonchev–Trinajstić information content (AvgIpc) is 3.20. The van der Waals surface area contributed by atoms with Crippen LogP contribution in [0.25, 0.3) is 0 Å². The predicted octanol–water partition coefficient (Wildman–Crippen LogP) is 2.96. The van der Waals surface area contributed by atoms with Crippen LogP contribution in [0.2, 0.25) is 5.02 Å². The number of rotatable bonds is 3. The lowest BCUT2D eigenvalue weighted by molar-refractivity contribution is 0.174. The zero-order chi connectivity index (χ0) is 17.6. The van der Waals surface area contributed by atoms with Gasteiger partial charge in [0.05, 0.1) is 11.5 Å². The number of hydrogen-bond acceptors (Lipinski definition) is 6. The molecule has 4 rings (SSSR count). The number of halogens is 1. The normalized spacial score (nSPS) is 17.9. The fraction of sp³-hybridized carbons (Fsp3) is 0.294. The monoisotopic (exact) mass is 358 g/mol. The largest absolute Gasteiger partial charge is 0.454 e. The number of aromatic amines is 1. The van der Waals surface area contributed by atoms with Crippen molar-refractivity contribution in [1.29, 1.82) is 5.26 Å². The first kappa shape index (κ1) is 15.7. The second-order valence-corrected chi connectivity index (χ2v) is 6.23. The van der Waals surface area contributed by atoms with Gasteiger partial charge in [0, 0.05) is 16.8 Å². The topological polar surface area (TPSA) is 106 Å². The number of fused-ring (bicyclic) bond motifs is 2. The first-order valence-corrected chi connectivity index (χ1v) is 8.25. The molecule has 0 radical (unpaired) electrons. The second-order valence-electron chi connectivity index (χ2n) is 5.82. The minimum Gasteiger partial charge on any atom is -0.454 e. The van der Waals surface area contributed by atoms with Gasteiger partial charge in [-0.15, -0.1) is 5.10 Å². The summed E-state index contributed by atoms with van der Waals surface area (Å²) in [5.74, 6) is 1.10. The number of nitrogens with one attached hydrogen (secondary N) is 1. The smallest absolute Gasteiger partial charge is 0.244 e. The zero-order valence-electron chi connectivity index (χ0n) is 13.4. The van der Waals surface area contributed by atoms with E-state index >= 15 is 0 Å². The van der Waals surface area contributed by atoms with Gasteiger partial charge in [-0.2, -0.15) is 5.26 Å². The molecule has 2 aliphatic rings.